The van der Waals surface area contributed by atoms with Gasteiger partial charge in [0, 0.05) is 18.8 Å². The van der Waals surface area contributed by atoms with Gasteiger partial charge in [0.2, 0.25) is 5.88 Å². The fraction of sp³-hybridized carbons (Fsp3) is 0.286. The molecule has 0 saturated carbocycles. The maximum atomic E-state index is 12.6. The van der Waals surface area contributed by atoms with Crippen molar-refractivity contribution >= 4 is 12.0 Å². The fourth-order valence-electron chi connectivity index (χ4n) is 1.93. The van der Waals surface area contributed by atoms with E-state index in [1.165, 1.54) is 7.05 Å². The minimum absolute atomic E-state index is 0.00240. The largest absolute Gasteiger partial charge is 0.439 e. The van der Waals surface area contributed by atoms with E-state index < -0.39 is 11.9 Å². The highest BCUT2D eigenvalue weighted by atomic mass is 19.4. The summed E-state index contributed by atoms with van der Waals surface area (Å²) in [6.07, 6.45) is -3.46. The van der Waals surface area contributed by atoms with Crippen molar-refractivity contribution in [2.45, 2.75) is 20.0 Å². The third-order valence-corrected chi connectivity index (χ3v) is 3.09. The van der Waals surface area contributed by atoms with Gasteiger partial charge in [0.25, 0.3) is 0 Å². The Bertz CT molecular complexity index is 707. The molecule has 0 fully saturated rings. The summed E-state index contributed by atoms with van der Waals surface area (Å²) in [5.74, 6) is 0.437. The van der Waals surface area contributed by atoms with Crippen molar-refractivity contribution in [3.8, 4) is 11.6 Å². The summed E-state index contributed by atoms with van der Waals surface area (Å²) in [4.78, 5) is 0. The van der Waals surface area contributed by atoms with E-state index in [-0.39, 0.29) is 5.88 Å². The van der Waals surface area contributed by atoms with Crippen LogP contribution in [0.25, 0.3) is 0 Å². The summed E-state index contributed by atoms with van der Waals surface area (Å²) < 4.78 is 44.5. The summed E-state index contributed by atoms with van der Waals surface area (Å²) in [5.41, 5.74) is 1.27. The molecular weight excluding hydrogens is 297 g/mol. The van der Waals surface area contributed by atoms with Gasteiger partial charge in [-0.25, -0.2) is 4.68 Å². The second kappa shape index (κ2) is 5.70. The van der Waals surface area contributed by atoms with Gasteiger partial charge in [0.05, 0.1) is 6.34 Å². The zero-order chi connectivity index (χ0) is 16.5. The smallest absolute Gasteiger partial charge is 0.435 e. The van der Waals surface area contributed by atoms with E-state index in [0.717, 1.165) is 33.9 Å². The van der Waals surface area contributed by atoms with Crippen LogP contribution in [0.3, 0.4) is 0 Å². The maximum Gasteiger partial charge on any atom is 0.435 e. The highest BCUT2D eigenvalue weighted by Gasteiger charge is 2.35. The minimum atomic E-state index is -4.51. The van der Waals surface area contributed by atoms with Crippen LogP contribution in [0.1, 0.15) is 16.8 Å². The van der Waals surface area contributed by atoms with Crippen LogP contribution >= 0.6 is 0 Å². The van der Waals surface area contributed by atoms with Crippen LogP contribution in [-0.4, -0.2) is 16.1 Å². The zero-order valence-electron chi connectivity index (χ0n) is 12.2. The number of alkyl halides is 3. The average molecular weight is 312 g/mol. The molecule has 0 spiro atoms. The van der Waals surface area contributed by atoms with Gasteiger partial charge in [-0.1, -0.05) is 0 Å². The molecule has 1 heterocycles. The molecule has 22 heavy (non-hydrogen) atoms. The van der Waals surface area contributed by atoms with Gasteiger partial charge in [-0.05, 0) is 37.1 Å². The Morgan fingerprint density at radius 3 is 2.45 bits per heavy atom. The second-order valence-corrected chi connectivity index (χ2v) is 4.81. The van der Waals surface area contributed by atoms with Crippen molar-refractivity contribution in [1.29, 1.82) is 5.41 Å². The first-order valence-electron chi connectivity index (χ1n) is 6.38. The molecule has 0 radical (unpaired) electrons. The predicted octanol–water partition coefficient (Wildman–Crippen LogP) is 3.87. The number of anilines is 1. The van der Waals surface area contributed by atoms with E-state index in [0.29, 0.717) is 5.75 Å². The number of benzene rings is 1. The number of hydrogen-bond donors (Lipinski definition) is 2. The third kappa shape index (κ3) is 3.21. The van der Waals surface area contributed by atoms with Gasteiger partial charge < -0.3 is 10.1 Å². The molecule has 0 aliphatic heterocycles. The number of aromatic nitrogens is 2. The molecule has 0 aliphatic rings. The summed E-state index contributed by atoms with van der Waals surface area (Å²) in [5, 5.41) is 13.2. The van der Waals surface area contributed by atoms with Crippen molar-refractivity contribution in [2.75, 3.05) is 5.32 Å². The number of nitrogens with zero attached hydrogens (tertiary/aromatic N) is 2. The van der Waals surface area contributed by atoms with Crippen LogP contribution in [0, 0.1) is 19.3 Å². The van der Waals surface area contributed by atoms with Crippen LogP contribution in [0.15, 0.2) is 18.2 Å². The first-order valence-corrected chi connectivity index (χ1v) is 6.38. The molecule has 0 unspecified atom stereocenters. The Hall–Kier alpha value is -2.51. The SMILES string of the molecule is Cc1cc(Oc2cc(C(F)(F)F)nn2C)c(C)cc1NC=N. The van der Waals surface area contributed by atoms with Gasteiger partial charge >= 0.3 is 6.18 Å². The van der Waals surface area contributed by atoms with Gasteiger partial charge in [-0.3, -0.25) is 5.41 Å². The quantitative estimate of drug-likeness (QED) is 0.665. The monoisotopic (exact) mass is 312 g/mol. The van der Waals surface area contributed by atoms with E-state index in [1.807, 2.05) is 6.92 Å². The summed E-state index contributed by atoms with van der Waals surface area (Å²) in [6, 6.07) is 4.32. The highest BCUT2D eigenvalue weighted by molar-refractivity contribution is 5.76. The van der Waals surface area contributed by atoms with E-state index in [9.17, 15) is 13.2 Å². The van der Waals surface area contributed by atoms with Crippen LogP contribution in [-0.2, 0) is 13.2 Å². The Morgan fingerprint density at radius 1 is 1.23 bits per heavy atom. The zero-order valence-corrected chi connectivity index (χ0v) is 12.2. The molecular formula is C14H15F3N4O. The molecule has 0 aliphatic carbocycles. The molecule has 2 N–H and O–H groups in total. The van der Waals surface area contributed by atoms with E-state index in [4.69, 9.17) is 10.1 Å². The van der Waals surface area contributed by atoms with Gasteiger partial charge in [-0.15, -0.1) is 0 Å². The summed E-state index contributed by atoms with van der Waals surface area (Å²) in [6.45, 7) is 3.58. The van der Waals surface area contributed by atoms with Crippen LogP contribution in [0.5, 0.6) is 11.6 Å². The van der Waals surface area contributed by atoms with Crippen LogP contribution < -0.4 is 10.1 Å². The standard InChI is InChI=1S/C14H15F3N4O/c1-8-5-11(9(2)4-10(8)19-7-18)22-13-6-12(14(15,16)17)20-21(13)3/h4-7H,1-3H3,(H2,18,19). The first kappa shape index (κ1) is 15.9. The van der Waals surface area contributed by atoms with Gasteiger partial charge in [0.1, 0.15) is 5.75 Å². The van der Waals surface area contributed by atoms with Gasteiger partial charge in [-0.2, -0.15) is 18.3 Å². The van der Waals surface area contributed by atoms with E-state index in [2.05, 4.69) is 10.4 Å². The minimum Gasteiger partial charge on any atom is -0.439 e. The number of hydrogen-bond acceptors (Lipinski definition) is 3. The molecule has 1 aromatic carbocycles. The van der Waals surface area contributed by atoms with Crippen molar-refractivity contribution in [1.82, 2.24) is 9.78 Å². The molecule has 0 amide bonds. The molecule has 5 nitrogen and oxygen atoms in total. The molecule has 2 rings (SSSR count). The molecule has 2 aromatic rings. The van der Waals surface area contributed by atoms with Crippen molar-refractivity contribution in [3.05, 3.63) is 35.0 Å². The van der Waals surface area contributed by atoms with Gasteiger partial charge in [0.15, 0.2) is 5.69 Å². The molecule has 118 valence electrons. The van der Waals surface area contributed by atoms with E-state index >= 15 is 0 Å². The lowest BCUT2D eigenvalue weighted by atomic mass is 10.1. The maximum absolute atomic E-state index is 12.6. The number of ether oxygens (including phenoxy) is 1. The third-order valence-electron chi connectivity index (χ3n) is 3.09. The molecule has 1 aromatic heterocycles. The Labute approximate surface area is 125 Å². The second-order valence-electron chi connectivity index (χ2n) is 4.81. The van der Waals surface area contributed by atoms with Crippen molar-refractivity contribution < 1.29 is 17.9 Å². The number of nitrogens with one attached hydrogen (secondary N) is 2. The molecule has 8 heteroatoms. The Morgan fingerprint density at radius 2 is 1.91 bits per heavy atom. The predicted molar refractivity (Wildman–Crippen MR) is 76.6 cm³/mol. The summed E-state index contributed by atoms with van der Waals surface area (Å²) >= 11 is 0. The normalized spacial score (nSPS) is 11.4. The van der Waals surface area contributed by atoms with E-state index in [1.54, 1.807) is 19.1 Å². The lowest BCUT2D eigenvalue weighted by Crippen LogP contribution is -2.06. The van der Waals surface area contributed by atoms with Crippen LogP contribution in [0.2, 0.25) is 0 Å². The fourth-order valence-corrected chi connectivity index (χ4v) is 1.93. The lowest BCUT2D eigenvalue weighted by molar-refractivity contribution is -0.141. The van der Waals surface area contributed by atoms with Crippen molar-refractivity contribution in [3.63, 3.8) is 0 Å². The topological polar surface area (TPSA) is 62.9 Å². The highest BCUT2D eigenvalue weighted by Crippen LogP contribution is 2.34. The number of halogens is 3. The average Bonchev–Trinajstić information content (AvgIpc) is 2.77. The van der Waals surface area contributed by atoms with Crippen molar-refractivity contribution in [2.24, 2.45) is 7.05 Å². The first-order chi connectivity index (χ1) is 10.2. The van der Waals surface area contributed by atoms with Crippen LogP contribution in [0.4, 0.5) is 18.9 Å². The molecule has 0 saturated heterocycles. The number of rotatable bonds is 4. The summed E-state index contributed by atoms with van der Waals surface area (Å²) in [7, 11) is 1.39. The lowest BCUT2D eigenvalue weighted by Gasteiger charge is -2.12. The number of aryl methyl sites for hydroxylation is 3. The Balaban J connectivity index is 2.33. The molecule has 0 atom stereocenters. The Kier molecular flexibility index (Phi) is 4.11. The molecule has 0 bridgehead atoms.